The highest BCUT2D eigenvalue weighted by Crippen LogP contribution is 2.24. The minimum Gasteiger partial charge on any atom is -0.481 e. The van der Waals surface area contributed by atoms with Gasteiger partial charge in [-0.05, 0) is 30.2 Å². The second-order valence-electron chi connectivity index (χ2n) is 3.49. The van der Waals surface area contributed by atoms with Crippen molar-refractivity contribution < 1.29 is 24.2 Å². The van der Waals surface area contributed by atoms with Crippen LogP contribution < -0.4 is 0 Å². The number of hydrogen-bond acceptors (Lipinski definition) is 2. The third-order valence-corrected chi connectivity index (χ3v) is 2.29. The first-order chi connectivity index (χ1) is 7.41. The molecule has 1 aromatic carbocycles. The van der Waals surface area contributed by atoms with Crippen LogP contribution in [0, 0.1) is 12.7 Å². The van der Waals surface area contributed by atoms with Crippen molar-refractivity contribution in [3.8, 4) is 0 Å². The zero-order valence-corrected chi connectivity index (χ0v) is 8.61. The van der Waals surface area contributed by atoms with Crippen LogP contribution in [0.3, 0.4) is 0 Å². The fourth-order valence-corrected chi connectivity index (χ4v) is 1.49. The standard InChI is InChI=1S/C11H11FO4/c1-6-2-3-7(12)4-8(6)9(11(15)16)5-10(13)14/h2-4,9H,5H2,1H3,(H,13,14)(H,15,16). The predicted octanol–water partition coefficient (Wildman–Crippen LogP) is 1.78. The highest BCUT2D eigenvalue weighted by molar-refractivity contribution is 5.82. The van der Waals surface area contributed by atoms with Gasteiger partial charge in [-0.2, -0.15) is 0 Å². The summed E-state index contributed by atoms with van der Waals surface area (Å²) in [6.45, 7) is 1.62. The molecule has 0 fully saturated rings. The van der Waals surface area contributed by atoms with Crippen LogP contribution in [-0.4, -0.2) is 22.2 Å². The lowest BCUT2D eigenvalue weighted by atomic mass is 9.92. The van der Waals surface area contributed by atoms with Gasteiger partial charge in [-0.15, -0.1) is 0 Å². The number of carboxylic acid groups (broad SMARTS) is 2. The SMILES string of the molecule is Cc1ccc(F)cc1C(CC(=O)O)C(=O)O. The van der Waals surface area contributed by atoms with Crippen LogP contribution in [-0.2, 0) is 9.59 Å². The summed E-state index contributed by atoms with van der Waals surface area (Å²) in [5.41, 5.74) is 0.768. The molecule has 5 heteroatoms. The molecule has 16 heavy (non-hydrogen) atoms. The van der Waals surface area contributed by atoms with Crippen LogP contribution in [0.1, 0.15) is 23.5 Å². The molecule has 1 atom stereocenters. The van der Waals surface area contributed by atoms with Gasteiger partial charge in [0, 0.05) is 0 Å². The van der Waals surface area contributed by atoms with Gasteiger partial charge in [-0.1, -0.05) is 6.07 Å². The minimum absolute atomic E-state index is 0.204. The number of hydrogen-bond donors (Lipinski definition) is 2. The fourth-order valence-electron chi connectivity index (χ4n) is 1.49. The number of halogens is 1. The summed E-state index contributed by atoms with van der Waals surface area (Å²) in [5.74, 6) is -4.28. The number of carbonyl (C=O) groups is 2. The van der Waals surface area contributed by atoms with E-state index in [1.807, 2.05) is 0 Å². The van der Waals surface area contributed by atoms with Crippen molar-refractivity contribution in [3.63, 3.8) is 0 Å². The Balaban J connectivity index is 3.14. The van der Waals surface area contributed by atoms with Crippen LogP contribution in [0.4, 0.5) is 4.39 Å². The molecule has 2 N–H and O–H groups in total. The Morgan fingerprint density at radius 1 is 1.38 bits per heavy atom. The molecule has 0 saturated heterocycles. The Hall–Kier alpha value is -1.91. The number of aryl methyl sites for hydroxylation is 1. The monoisotopic (exact) mass is 226 g/mol. The third-order valence-electron chi connectivity index (χ3n) is 2.29. The van der Waals surface area contributed by atoms with Crippen LogP contribution in [0.15, 0.2) is 18.2 Å². The summed E-state index contributed by atoms with van der Waals surface area (Å²) in [4.78, 5) is 21.4. The summed E-state index contributed by atoms with van der Waals surface area (Å²) in [5, 5.41) is 17.5. The predicted molar refractivity (Wildman–Crippen MR) is 53.8 cm³/mol. The molecule has 0 spiro atoms. The van der Waals surface area contributed by atoms with Gasteiger partial charge in [0.25, 0.3) is 0 Å². The molecule has 0 radical (unpaired) electrons. The van der Waals surface area contributed by atoms with E-state index >= 15 is 0 Å². The lowest BCUT2D eigenvalue weighted by Crippen LogP contribution is -2.17. The van der Waals surface area contributed by atoms with Gasteiger partial charge in [0.15, 0.2) is 0 Å². The molecule has 4 nitrogen and oxygen atoms in total. The van der Waals surface area contributed by atoms with Crippen LogP contribution in [0.2, 0.25) is 0 Å². The molecule has 0 amide bonds. The van der Waals surface area contributed by atoms with Crippen molar-refractivity contribution in [3.05, 3.63) is 35.1 Å². The van der Waals surface area contributed by atoms with Gasteiger partial charge >= 0.3 is 11.9 Å². The summed E-state index contributed by atoms with van der Waals surface area (Å²) in [6, 6.07) is 3.71. The molecule has 0 aliphatic heterocycles. The van der Waals surface area contributed by atoms with Crippen molar-refractivity contribution in [1.29, 1.82) is 0 Å². The molecular weight excluding hydrogens is 215 g/mol. The van der Waals surface area contributed by atoms with Crippen LogP contribution >= 0.6 is 0 Å². The molecule has 0 aliphatic rings. The third kappa shape index (κ3) is 2.79. The lowest BCUT2D eigenvalue weighted by Gasteiger charge is -2.13. The second-order valence-corrected chi connectivity index (χ2v) is 3.49. The van der Waals surface area contributed by atoms with E-state index in [0.717, 1.165) is 6.07 Å². The molecule has 0 bridgehead atoms. The van der Waals surface area contributed by atoms with Crippen molar-refractivity contribution in [2.24, 2.45) is 0 Å². The molecule has 0 aromatic heterocycles. The number of carboxylic acids is 2. The molecule has 1 unspecified atom stereocenters. The summed E-state index contributed by atoms with van der Waals surface area (Å²) >= 11 is 0. The number of aliphatic carboxylic acids is 2. The second kappa shape index (κ2) is 4.74. The van der Waals surface area contributed by atoms with E-state index in [-0.39, 0.29) is 5.56 Å². The topological polar surface area (TPSA) is 74.6 Å². The van der Waals surface area contributed by atoms with E-state index in [4.69, 9.17) is 10.2 Å². The highest BCUT2D eigenvalue weighted by atomic mass is 19.1. The average Bonchev–Trinajstić information content (AvgIpc) is 2.18. The molecule has 0 heterocycles. The smallest absolute Gasteiger partial charge is 0.311 e. The van der Waals surface area contributed by atoms with Crippen molar-refractivity contribution in [2.45, 2.75) is 19.3 Å². The molecule has 0 aliphatic carbocycles. The first-order valence-corrected chi connectivity index (χ1v) is 4.62. The number of rotatable bonds is 4. The Bertz CT molecular complexity index is 428. The van der Waals surface area contributed by atoms with Crippen molar-refractivity contribution in [1.82, 2.24) is 0 Å². The molecule has 1 aromatic rings. The highest BCUT2D eigenvalue weighted by Gasteiger charge is 2.24. The summed E-state index contributed by atoms with van der Waals surface area (Å²) in [7, 11) is 0. The van der Waals surface area contributed by atoms with Gasteiger partial charge in [0.05, 0.1) is 12.3 Å². The molecule has 0 saturated carbocycles. The fraction of sp³-hybridized carbons (Fsp3) is 0.273. The van der Waals surface area contributed by atoms with E-state index in [1.54, 1.807) is 6.92 Å². The zero-order valence-electron chi connectivity index (χ0n) is 8.61. The first kappa shape index (κ1) is 12.2. The van der Waals surface area contributed by atoms with E-state index in [2.05, 4.69) is 0 Å². The Labute approximate surface area is 91.3 Å². The van der Waals surface area contributed by atoms with Gasteiger partial charge in [-0.3, -0.25) is 9.59 Å². The molecular formula is C11H11FO4. The van der Waals surface area contributed by atoms with Gasteiger partial charge in [0.1, 0.15) is 5.82 Å². The van der Waals surface area contributed by atoms with E-state index in [1.165, 1.54) is 12.1 Å². The minimum atomic E-state index is -1.27. The van der Waals surface area contributed by atoms with E-state index in [9.17, 15) is 14.0 Å². The number of benzene rings is 1. The van der Waals surface area contributed by atoms with Gasteiger partial charge in [0.2, 0.25) is 0 Å². The first-order valence-electron chi connectivity index (χ1n) is 4.62. The van der Waals surface area contributed by atoms with E-state index < -0.39 is 30.1 Å². The van der Waals surface area contributed by atoms with Crippen molar-refractivity contribution >= 4 is 11.9 Å². The Morgan fingerprint density at radius 3 is 2.50 bits per heavy atom. The maximum absolute atomic E-state index is 13.0. The maximum atomic E-state index is 13.0. The maximum Gasteiger partial charge on any atom is 0.311 e. The quantitative estimate of drug-likeness (QED) is 0.820. The summed E-state index contributed by atoms with van der Waals surface area (Å²) < 4.78 is 13.0. The van der Waals surface area contributed by atoms with Crippen molar-refractivity contribution in [2.75, 3.05) is 0 Å². The Morgan fingerprint density at radius 2 is 2.00 bits per heavy atom. The lowest BCUT2D eigenvalue weighted by molar-refractivity contribution is -0.145. The van der Waals surface area contributed by atoms with E-state index in [0.29, 0.717) is 5.56 Å². The average molecular weight is 226 g/mol. The molecule has 1 rings (SSSR count). The largest absolute Gasteiger partial charge is 0.481 e. The van der Waals surface area contributed by atoms with Gasteiger partial charge < -0.3 is 10.2 Å². The normalized spacial score (nSPS) is 12.1. The summed E-state index contributed by atoms with van der Waals surface area (Å²) in [6.07, 6.45) is -0.556. The Kier molecular flexibility index (Phi) is 3.60. The van der Waals surface area contributed by atoms with Crippen LogP contribution in [0.5, 0.6) is 0 Å². The molecule has 86 valence electrons. The van der Waals surface area contributed by atoms with Gasteiger partial charge in [-0.25, -0.2) is 4.39 Å². The van der Waals surface area contributed by atoms with Crippen LogP contribution in [0.25, 0.3) is 0 Å². The zero-order chi connectivity index (χ0) is 12.3.